The molecule has 2 aromatic carbocycles. The van der Waals surface area contributed by atoms with E-state index in [-0.39, 0.29) is 15.6 Å². The number of aromatic nitrogens is 1. The van der Waals surface area contributed by atoms with Gasteiger partial charge >= 0.3 is 0 Å². The van der Waals surface area contributed by atoms with Gasteiger partial charge in [0.2, 0.25) is 0 Å². The Morgan fingerprint density at radius 1 is 1.10 bits per heavy atom. The zero-order valence-corrected chi connectivity index (χ0v) is 12.2. The summed E-state index contributed by atoms with van der Waals surface area (Å²) in [4.78, 5) is 3.03. The molecule has 0 aliphatic heterocycles. The van der Waals surface area contributed by atoms with Gasteiger partial charge in [-0.15, -0.1) is 0 Å². The molecule has 0 fully saturated rings. The molecule has 0 atom stereocenters. The van der Waals surface area contributed by atoms with Gasteiger partial charge in [0.15, 0.2) is 0 Å². The molecule has 108 valence electrons. The van der Waals surface area contributed by atoms with E-state index in [9.17, 15) is 12.8 Å². The van der Waals surface area contributed by atoms with E-state index >= 15 is 0 Å². The molecule has 0 saturated carbocycles. The molecule has 0 aliphatic carbocycles. The third kappa shape index (κ3) is 2.72. The summed E-state index contributed by atoms with van der Waals surface area (Å²) in [7, 11) is -3.87. The minimum Gasteiger partial charge on any atom is -0.361 e. The maximum atomic E-state index is 13.7. The summed E-state index contributed by atoms with van der Waals surface area (Å²) in [6.45, 7) is 0. The van der Waals surface area contributed by atoms with E-state index in [2.05, 4.69) is 9.71 Å². The molecule has 7 heteroatoms. The molecule has 2 N–H and O–H groups in total. The smallest absolute Gasteiger partial charge is 0.262 e. The molecule has 4 nitrogen and oxygen atoms in total. The van der Waals surface area contributed by atoms with Gasteiger partial charge in [0, 0.05) is 22.1 Å². The van der Waals surface area contributed by atoms with Crippen LogP contribution < -0.4 is 4.72 Å². The second-order valence-electron chi connectivity index (χ2n) is 4.46. The van der Waals surface area contributed by atoms with Gasteiger partial charge in [-0.2, -0.15) is 0 Å². The van der Waals surface area contributed by atoms with Crippen LogP contribution in [0.2, 0.25) is 5.02 Å². The lowest BCUT2D eigenvalue weighted by atomic mass is 10.2. The Morgan fingerprint density at radius 2 is 1.90 bits per heavy atom. The number of halogens is 2. The lowest BCUT2D eigenvalue weighted by Crippen LogP contribution is -2.13. The minimum atomic E-state index is -3.87. The first-order valence-corrected chi connectivity index (χ1v) is 7.87. The highest BCUT2D eigenvalue weighted by Crippen LogP contribution is 2.24. The van der Waals surface area contributed by atoms with Crippen LogP contribution in [0.25, 0.3) is 10.9 Å². The first-order valence-electron chi connectivity index (χ1n) is 6.01. The zero-order chi connectivity index (χ0) is 15.0. The minimum absolute atomic E-state index is 0.0592. The van der Waals surface area contributed by atoms with E-state index in [1.807, 2.05) is 0 Å². The zero-order valence-electron chi connectivity index (χ0n) is 10.6. The van der Waals surface area contributed by atoms with Crippen molar-refractivity contribution in [2.45, 2.75) is 4.90 Å². The lowest BCUT2D eigenvalue weighted by Gasteiger charge is -2.09. The molecule has 0 bridgehead atoms. The number of aromatic amines is 1. The van der Waals surface area contributed by atoms with E-state index in [4.69, 9.17) is 11.6 Å². The van der Waals surface area contributed by atoms with Crippen LogP contribution in [0.1, 0.15) is 0 Å². The average molecular weight is 325 g/mol. The fourth-order valence-electron chi connectivity index (χ4n) is 1.97. The summed E-state index contributed by atoms with van der Waals surface area (Å²) in [5.41, 5.74) is 0.681. The van der Waals surface area contributed by atoms with E-state index in [0.717, 1.165) is 17.0 Å². The molecule has 0 saturated heterocycles. The molecular weight excluding hydrogens is 315 g/mol. The highest BCUT2D eigenvalue weighted by molar-refractivity contribution is 7.92. The molecule has 1 heterocycles. The van der Waals surface area contributed by atoms with Crippen LogP contribution >= 0.6 is 11.6 Å². The molecule has 0 unspecified atom stereocenters. The summed E-state index contributed by atoms with van der Waals surface area (Å²) >= 11 is 5.64. The fraction of sp³-hybridized carbons (Fsp3) is 0. The first-order chi connectivity index (χ1) is 9.95. The van der Waals surface area contributed by atoms with Gasteiger partial charge in [-0.25, -0.2) is 12.8 Å². The van der Waals surface area contributed by atoms with Crippen LogP contribution in [0, 0.1) is 5.82 Å². The number of anilines is 1. The molecular formula is C14H10ClFN2O2S. The molecule has 0 aliphatic rings. The number of nitrogens with one attached hydrogen (secondary N) is 2. The normalized spacial score (nSPS) is 11.7. The van der Waals surface area contributed by atoms with Gasteiger partial charge in [0.25, 0.3) is 10.0 Å². The predicted molar refractivity (Wildman–Crippen MR) is 80.5 cm³/mol. The second-order valence-corrected chi connectivity index (χ2v) is 6.58. The van der Waals surface area contributed by atoms with Gasteiger partial charge in [0.05, 0.1) is 10.6 Å². The van der Waals surface area contributed by atoms with Crippen molar-refractivity contribution in [1.82, 2.24) is 4.98 Å². The first kappa shape index (κ1) is 13.9. The maximum Gasteiger partial charge on any atom is 0.262 e. The highest BCUT2D eigenvalue weighted by Gasteiger charge is 2.17. The third-order valence-electron chi connectivity index (χ3n) is 3.01. The predicted octanol–water partition coefficient (Wildman–Crippen LogP) is 3.76. The Bertz CT molecular complexity index is 922. The Kier molecular flexibility index (Phi) is 3.35. The van der Waals surface area contributed by atoms with Gasteiger partial charge in [-0.05, 0) is 42.5 Å². The topological polar surface area (TPSA) is 62.0 Å². The van der Waals surface area contributed by atoms with Crippen molar-refractivity contribution in [2.24, 2.45) is 0 Å². The Hall–Kier alpha value is -2.05. The Balaban J connectivity index is 1.99. The van der Waals surface area contributed by atoms with Crippen molar-refractivity contribution >= 4 is 38.2 Å². The van der Waals surface area contributed by atoms with E-state index in [1.54, 1.807) is 18.3 Å². The number of hydrogen-bond acceptors (Lipinski definition) is 2. The van der Waals surface area contributed by atoms with E-state index in [1.165, 1.54) is 24.3 Å². The van der Waals surface area contributed by atoms with Crippen LogP contribution in [-0.2, 0) is 10.0 Å². The van der Waals surface area contributed by atoms with Crippen LogP contribution in [0.3, 0.4) is 0 Å². The number of benzene rings is 2. The van der Waals surface area contributed by atoms with Gasteiger partial charge in [-0.1, -0.05) is 11.6 Å². The lowest BCUT2D eigenvalue weighted by molar-refractivity contribution is 0.598. The number of fused-ring (bicyclic) bond motifs is 1. The molecule has 0 radical (unpaired) electrons. The highest BCUT2D eigenvalue weighted by atomic mass is 35.5. The maximum absolute atomic E-state index is 13.7. The van der Waals surface area contributed by atoms with Crippen molar-refractivity contribution in [3.63, 3.8) is 0 Å². The number of sulfonamides is 1. The molecule has 1 aromatic heterocycles. The second kappa shape index (κ2) is 5.05. The van der Waals surface area contributed by atoms with E-state index in [0.29, 0.717) is 0 Å². The van der Waals surface area contributed by atoms with Crippen LogP contribution in [0.15, 0.2) is 53.6 Å². The van der Waals surface area contributed by atoms with Crippen LogP contribution in [-0.4, -0.2) is 13.4 Å². The van der Waals surface area contributed by atoms with Crippen molar-refractivity contribution < 1.29 is 12.8 Å². The number of rotatable bonds is 3. The molecule has 3 rings (SSSR count). The molecule has 0 amide bonds. The number of hydrogen-bond donors (Lipinski definition) is 2. The van der Waals surface area contributed by atoms with Crippen molar-refractivity contribution in [3.8, 4) is 0 Å². The van der Waals surface area contributed by atoms with Crippen molar-refractivity contribution in [1.29, 1.82) is 0 Å². The van der Waals surface area contributed by atoms with E-state index < -0.39 is 15.8 Å². The third-order valence-corrected chi connectivity index (χ3v) is 4.61. The quantitative estimate of drug-likeness (QED) is 0.770. The number of H-pyrrole nitrogens is 1. The largest absolute Gasteiger partial charge is 0.361 e. The van der Waals surface area contributed by atoms with Gasteiger partial charge < -0.3 is 4.98 Å². The summed E-state index contributed by atoms with van der Waals surface area (Å²) in [6.07, 6.45) is 1.72. The van der Waals surface area contributed by atoms with Crippen molar-refractivity contribution in [2.75, 3.05) is 4.72 Å². The summed E-state index contributed by atoms with van der Waals surface area (Å²) < 4.78 is 40.5. The summed E-state index contributed by atoms with van der Waals surface area (Å²) in [6, 6.07) is 10.1. The molecule has 3 aromatic rings. The van der Waals surface area contributed by atoms with Crippen molar-refractivity contribution in [3.05, 3.63) is 59.5 Å². The summed E-state index contributed by atoms with van der Waals surface area (Å²) in [5.74, 6) is -0.728. The summed E-state index contributed by atoms with van der Waals surface area (Å²) in [5, 5.41) is 0.957. The molecule has 0 spiro atoms. The molecule has 21 heavy (non-hydrogen) atoms. The SMILES string of the molecule is O=S(=O)(Nc1ccc(Cl)cc1F)c1ccc2[nH]ccc2c1. The Morgan fingerprint density at radius 3 is 2.67 bits per heavy atom. The van der Waals surface area contributed by atoms with Crippen LogP contribution in [0.5, 0.6) is 0 Å². The van der Waals surface area contributed by atoms with Gasteiger partial charge in [0.1, 0.15) is 5.82 Å². The Labute approximate surface area is 125 Å². The average Bonchev–Trinajstić information content (AvgIpc) is 2.89. The fourth-order valence-corrected chi connectivity index (χ4v) is 3.24. The van der Waals surface area contributed by atoms with Gasteiger partial charge in [-0.3, -0.25) is 4.72 Å². The standard InChI is InChI=1S/C14H10ClFN2O2S/c15-10-1-3-14(12(16)8-10)18-21(19,20)11-2-4-13-9(7-11)5-6-17-13/h1-8,17-18H. The monoisotopic (exact) mass is 324 g/mol. The van der Waals surface area contributed by atoms with Crippen LogP contribution in [0.4, 0.5) is 10.1 Å².